The standard InChI is InChI=1S/C10H6F5NO/c11-5-4(10(17)16-3-1-2-3)6(12)8(14)9(15)7(5)13/h3H,1-2H2,(H,16,17). The van der Waals surface area contributed by atoms with Crippen molar-refractivity contribution in [2.75, 3.05) is 0 Å². The SMILES string of the molecule is O=C(NC1CC1)c1c(F)c(F)c(F)c(F)c1F. The number of hydrogen-bond donors (Lipinski definition) is 1. The second-order valence-corrected chi connectivity index (χ2v) is 3.69. The quantitative estimate of drug-likeness (QED) is 0.487. The number of halogens is 5. The molecule has 2 nitrogen and oxygen atoms in total. The van der Waals surface area contributed by atoms with Gasteiger partial charge in [-0.1, -0.05) is 0 Å². The highest BCUT2D eigenvalue weighted by Gasteiger charge is 2.32. The molecule has 0 aliphatic heterocycles. The number of carbonyl (C=O) groups excluding carboxylic acids is 1. The Morgan fingerprint density at radius 3 is 1.71 bits per heavy atom. The lowest BCUT2D eigenvalue weighted by molar-refractivity contribution is 0.0939. The lowest BCUT2D eigenvalue weighted by Gasteiger charge is -2.08. The summed E-state index contributed by atoms with van der Waals surface area (Å²) in [5.41, 5.74) is -1.44. The van der Waals surface area contributed by atoms with Crippen LogP contribution in [0.4, 0.5) is 22.0 Å². The fourth-order valence-electron chi connectivity index (χ4n) is 1.29. The van der Waals surface area contributed by atoms with Crippen molar-refractivity contribution in [1.29, 1.82) is 0 Å². The van der Waals surface area contributed by atoms with Gasteiger partial charge >= 0.3 is 0 Å². The first-order valence-electron chi connectivity index (χ1n) is 4.75. The zero-order chi connectivity index (χ0) is 12.7. The number of benzene rings is 1. The molecule has 0 bridgehead atoms. The molecule has 1 aromatic carbocycles. The molecule has 0 spiro atoms. The number of rotatable bonds is 2. The van der Waals surface area contributed by atoms with Gasteiger partial charge in [-0.2, -0.15) is 0 Å². The van der Waals surface area contributed by atoms with E-state index in [2.05, 4.69) is 5.32 Å². The Morgan fingerprint density at radius 2 is 1.29 bits per heavy atom. The molecule has 92 valence electrons. The van der Waals surface area contributed by atoms with E-state index < -0.39 is 40.6 Å². The Kier molecular flexibility index (Phi) is 2.76. The van der Waals surface area contributed by atoms with Gasteiger partial charge in [-0.25, -0.2) is 22.0 Å². The Labute approximate surface area is 92.4 Å². The highest BCUT2D eigenvalue weighted by molar-refractivity contribution is 5.95. The first kappa shape index (κ1) is 11.8. The van der Waals surface area contributed by atoms with Crippen LogP contribution < -0.4 is 5.32 Å². The summed E-state index contributed by atoms with van der Waals surface area (Å²) < 4.78 is 64.5. The van der Waals surface area contributed by atoms with Crippen LogP contribution >= 0.6 is 0 Å². The highest BCUT2D eigenvalue weighted by Crippen LogP contribution is 2.25. The third-order valence-electron chi connectivity index (χ3n) is 2.35. The van der Waals surface area contributed by atoms with E-state index >= 15 is 0 Å². The van der Waals surface area contributed by atoms with E-state index in [-0.39, 0.29) is 6.04 Å². The molecule has 1 N–H and O–H groups in total. The summed E-state index contributed by atoms with van der Waals surface area (Å²) in [5, 5.41) is 2.15. The Balaban J connectivity index is 2.48. The van der Waals surface area contributed by atoms with E-state index in [0.29, 0.717) is 12.8 Å². The van der Waals surface area contributed by atoms with Crippen LogP contribution in [-0.2, 0) is 0 Å². The van der Waals surface area contributed by atoms with Crippen LogP contribution in [0.3, 0.4) is 0 Å². The maximum atomic E-state index is 13.1. The van der Waals surface area contributed by atoms with Gasteiger partial charge in [0.05, 0.1) is 0 Å². The summed E-state index contributed by atoms with van der Waals surface area (Å²) in [4.78, 5) is 11.3. The molecule has 1 aliphatic carbocycles. The number of amides is 1. The molecule has 0 aromatic heterocycles. The van der Waals surface area contributed by atoms with Crippen LogP contribution in [0.1, 0.15) is 23.2 Å². The van der Waals surface area contributed by atoms with Gasteiger partial charge in [-0.3, -0.25) is 4.79 Å². The van der Waals surface area contributed by atoms with Crippen LogP contribution in [0, 0.1) is 29.1 Å². The minimum atomic E-state index is -2.28. The molecular weight excluding hydrogens is 245 g/mol. The summed E-state index contributed by atoms with van der Waals surface area (Å²) in [5.74, 6) is -12.0. The summed E-state index contributed by atoms with van der Waals surface area (Å²) in [7, 11) is 0. The minimum absolute atomic E-state index is 0.252. The zero-order valence-corrected chi connectivity index (χ0v) is 8.29. The van der Waals surface area contributed by atoms with Crippen LogP contribution in [0.2, 0.25) is 0 Å². The van der Waals surface area contributed by atoms with Gasteiger partial charge < -0.3 is 5.32 Å². The maximum absolute atomic E-state index is 13.1. The van der Waals surface area contributed by atoms with Gasteiger partial charge in [0.15, 0.2) is 23.3 Å². The van der Waals surface area contributed by atoms with Crippen LogP contribution in [0.25, 0.3) is 0 Å². The van der Waals surface area contributed by atoms with E-state index in [4.69, 9.17) is 0 Å². The van der Waals surface area contributed by atoms with Gasteiger partial charge in [-0.15, -0.1) is 0 Å². The van der Waals surface area contributed by atoms with Crippen molar-refractivity contribution in [3.05, 3.63) is 34.6 Å². The highest BCUT2D eigenvalue weighted by atomic mass is 19.2. The fraction of sp³-hybridized carbons (Fsp3) is 0.300. The molecule has 1 amide bonds. The molecule has 0 radical (unpaired) electrons. The molecular formula is C10H6F5NO. The van der Waals surface area contributed by atoms with Crippen LogP contribution in [-0.4, -0.2) is 11.9 Å². The molecule has 0 atom stereocenters. The first-order chi connectivity index (χ1) is 7.93. The number of nitrogens with one attached hydrogen (secondary N) is 1. The monoisotopic (exact) mass is 251 g/mol. The minimum Gasteiger partial charge on any atom is -0.349 e. The first-order valence-corrected chi connectivity index (χ1v) is 4.75. The molecule has 0 unspecified atom stereocenters. The average molecular weight is 251 g/mol. The normalized spacial score (nSPS) is 14.9. The van der Waals surface area contributed by atoms with Crippen molar-refractivity contribution in [3.8, 4) is 0 Å². The molecule has 7 heteroatoms. The smallest absolute Gasteiger partial charge is 0.257 e. The number of carbonyl (C=O) groups is 1. The summed E-state index contributed by atoms with van der Waals surface area (Å²) in [6.45, 7) is 0. The topological polar surface area (TPSA) is 29.1 Å². The summed E-state index contributed by atoms with van der Waals surface area (Å²) in [6.07, 6.45) is 1.25. The molecule has 17 heavy (non-hydrogen) atoms. The molecule has 1 saturated carbocycles. The number of hydrogen-bond acceptors (Lipinski definition) is 1. The second kappa shape index (κ2) is 3.97. The van der Waals surface area contributed by atoms with Crippen molar-refractivity contribution >= 4 is 5.91 Å². The lowest BCUT2D eigenvalue weighted by Crippen LogP contribution is -2.28. The second-order valence-electron chi connectivity index (χ2n) is 3.69. The van der Waals surface area contributed by atoms with E-state index in [1.54, 1.807) is 0 Å². The van der Waals surface area contributed by atoms with Gasteiger partial charge in [0.1, 0.15) is 5.56 Å². The molecule has 1 fully saturated rings. The summed E-state index contributed by atoms with van der Waals surface area (Å²) >= 11 is 0. The fourth-order valence-corrected chi connectivity index (χ4v) is 1.29. The zero-order valence-electron chi connectivity index (χ0n) is 8.29. The Bertz CT molecular complexity index is 469. The third kappa shape index (κ3) is 1.96. The van der Waals surface area contributed by atoms with Crippen molar-refractivity contribution in [3.63, 3.8) is 0 Å². The lowest BCUT2D eigenvalue weighted by atomic mass is 10.1. The molecule has 1 aromatic rings. The Hall–Kier alpha value is -1.66. The van der Waals surface area contributed by atoms with Gasteiger partial charge in [0, 0.05) is 6.04 Å². The van der Waals surface area contributed by atoms with E-state index in [1.807, 2.05) is 0 Å². The van der Waals surface area contributed by atoms with E-state index in [0.717, 1.165) is 0 Å². The molecule has 1 aliphatic rings. The van der Waals surface area contributed by atoms with E-state index in [9.17, 15) is 26.7 Å². The molecule has 0 heterocycles. The van der Waals surface area contributed by atoms with Crippen molar-refractivity contribution < 1.29 is 26.7 Å². The Morgan fingerprint density at radius 1 is 0.882 bits per heavy atom. The summed E-state index contributed by atoms with van der Waals surface area (Å²) in [6, 6.07) is -0.252. The van der Waals surface area contributed by atoms with Crippen molar-refractivity contribution in [1.82, 2.24) is 5.32 Å². The third-order valence-corrected chi connectivity index (χ3v) is 2.35. The largest absolute Gasteiger partial charge is 0.349 e. The maximum Gasteiger partial charge on any atom is 0.257 e. The van der Waals surface area contributed by atoms with Crippen LogP contribution in [0.5, 0.6) is 0 Å². The molecule has 0 saturated heterocycles. The van der Waals surface area contributed by atoms with Gasteiger partial charge in [-0.05, 0) is 12.8 Å². The van der Waals surface area contributed by atoms with Gasteiger partial charge in [0.2, 0.25) is 5.82 Å². The predicted molar refractivity (Wildman–Crippen MR) is 46.7 cm³/mol. The van der Waals surface area contributed by atoms with Crippen LogP contribution in [0.15, 0.2) is 0 Å². The van der Waals surface area contributed by atoms with E-state index in [1.165, 1.54) is 0 Å². The van der Waals surface area contributed by atoms with Crippen molar-refractivity contribution in [2.45, 2.75) is 18.9 Å². The van der Waals surface area contributed by atoms with Crippen molar-refractivity contribution in [2.24, 2.45) is 0 Å². The molecule has 2 rings (SSSR count). The van der Waals surface area contributed by atoms with Gasteiger partial charge in [0.25, 0.3) is 5.91 Å². The average Bonchev–Trinajstić information content (AvgIpc) is 3.08. The predicted octanol–water partition coefficient (Wildman–Crippen LogP) is 2.27.